The summed E-state index contributed by atoms with van der Waals surface area (Å²) < 4.78 is 48.0. The van der Waals surface area contributed by atoms with Crippen LogP contribution < -0.4 is 0 Å². The third-order valence-electron chi connectivity index (χ3n) is 2.54. The minimum atomic E-state index is -3.05. The molecule has 0 aliphatic heterocycles. The van der Waals surface area contributed by atoms with Crippen LogP contribution in [0.2, 0.25) is 0 Å². The zero-order valence-corrected chi connectivity index (χ0v) is 10.9. The highest BCUT2D eigenvalue weighted by atomic mass is 32.2. The lowest BCUT2D eigenvalue weighted by atomic mass is 10.0. The van der Waals surface area contributed by atoms with E-state index in [4.69, 9.17) is 0 Å². The van der Waals surface area contributed by atoms with Gasteiger partial charge in [0.25, 0.3) is 0 Å². The molecule has 1 N–H and O–H groups in total. The van der Waals surface area contributed by atoms with Crippen molar-refractivity contribution in [2.24, 2.45) is 0 Å². The number of hydrogen-bond acceptors (Lipinski definition) is 3. The van der Waals surface area contributed by atoms with E-state index in [1.807, 2.05) is 0 Å². The Morgan fingerprint density at radius 3 is 2.61 bits per heavy atom. The molecular formula is C12H16F2O3S. The Morgan fingerprint density at radius 2 is 2.00 bits per heavy atom. The molecule has 0 spiro atoms. The first-order chi connectivity index (χ1) is 8.29. The molecule has 1 rings (SSSR count). The van der Waals surface area contributed by atoms with Gasteiger partial charge in [0, 0.05) is 18.4 Å². The predicted molar refractivity (Wildman–Crippen MR) is 65.0 cm³/mol. The molecule has 0 fully saturated rings. The lowest BCUT2D eigenvalue weighted by Crippen LogP contribution is -2.14. The van der Waals surface area contributed by atoms with Gasteiger partial charge >= 0.3 is 0 Å². The summed E-state index contributed by atoms with van der Waals surface area (Å²) in [6.45, 7) is 0. The van der Waals surface area contributed by atoms with Crippen LogP contribution in [0.5, 0.6) is 0 Å². The minimum absolute atomic E-state index is 0.0182. The van der Waals surface area contributed by atoms with E-state index in [1.165, 1.54) is 12.1 Å². The summed E-state index contributed by atoms with van der Waals surface area (Å²) in [6.07, 6.45) is 0.766. The third-order valence-corrected chi connectivity index (χ3v) is 3.57. The Morgan fingerprint density at radius 1 is 1.33 bits per heavy atom. The Balaban J connectivity index is 2.50. The summed E-state index contributed by atoms with van der Waals surface area (Å²) in [5.74, 6) is -1.93. The Hall–Kier alpha value is -1.01. The van der Waals surface area contributed by atoms with Crippen LogP contribution in [0.3, 0.4) is 0 Å². The van der Waals surface area contributed by atoms with E-state index < -0.39 is 27.6 Å². The first kappa shape index (κ1) is 15.0. The van der Waals surface area contributed by atoms with Crippen LogP contribution in [-0.2, 0) is 16.3 Å². The Kier molecular flexibility index (Phi) is 5.22. The first-order valence-electron chi connectivity index (χ1n) is 5.58. The van der Waals surface area contributed by atoms with Crippen molar-refractivity contribution in [3.8, 4) is 0 Å². The summed E-state index contributed by atoms with van der Waals surface area (Å²) >= 11 is 0. The van der Waals surface area contributed by atoms with E-state index in [9.17, 15) is 22.3 Å². The molecule has 0 saturated heterocycles. The number of benzene rings is 1. The molecule has 1 unspecified atom stereocenters. The number of rotatable bonds is 6. The van der Waals surface area contributed by atoms with Gasteiger partial charge in [-0.15, -0.1) is 0 Å². The molecule has 6 heteroatoms. The van der Waals surface area contributed by atoms with Crippen LogP contribution in [0.15, 0.2) is 18.2 Å². The second kappa shape index (κ2) is 6.24. The summed E-state index contributed by atoms with van der Waals surface area (Å²) in [4.78, 5) is 0. The van der Waals surface area contributed by atoms with Gasteiger partial charge in [-0.05, 0) is 24.5 Å². The molecule has 0 amide bonds. The summed E-state index contributed by atoms with van der Waals surface area (Å²) in [7, 11) is -3.05. The number of aliphatic hydroxyl groups is 1. The van der Waals surface area contributed by atoms with Gasteiger partial charge in [0.15, 0.2) is 11.6 Å². The van der Waals surface area contributed by atoms with Gasteiger partial charge < -0.3 is 5.11 Å². The monoisotopic (exact) mass is 278 g/mol. The molecule has 0 aliphatic carbocycles. The fourth-order valence-electron chi connectivity index (χ4n) is 1.64. The van der Waals surface area contributed by atoms with E-state index in [0.29, 0.717) is 6.42 Å². The largest absolute Gasteiger partial charge is 0.393 e. The van der Waals surface area contributed by atoms with Crippen molar-refractivity contribution in [1.82, 2.24) is 0 Å². The van der Waals surface area contributed by atoms with E-state index in [2.05, 4.69) is 0 Å². The quantitative estimate of drug-likeness (QED) is 0.861. The maximum atomic E-state index is 13.3. The van der Waals surface area contributed by atoms with Gasteiger partial charge in [-0.2, -0.15) is 0 Å². The molecule has 3 nitrogen and oxygen atoms in total. The highest BCUT2D eigenvalue weighted by Crippen LogP contribution is 2.15. The van der Waals surface area contributed by atoms with Crippen molar-refractivity contribution in [2.45, 2.75) is 25.4 Å². The Bertz CT molecular complexity index is 500. The van der Waals surface area contributed by atoms with Crippen molar-refractivity contribution in [1.29, 1.82) is 0 Å². The molecule has 1 aromatic carbocycles. The van der Waals surface area contributed by atoms with Crippen molar-refractivity contribution < 1.29 is 22.3 Å². The molecule has 0 saturated carbocycles. The van der Waals surface area contributed by atoms with Crippen molar-refractivity contribution in [3.63, 3.8) is 0 Å². The zero-order valence-electron chi connectivity index (χ0n) is 10.1. The van der Waals surface area contributed by atoms with E-state index >= 15 is 0 Å². The molecule has 0 aliphatic rings. The highest BCUT2D eigenvalue weighted by molar-refractivity contribution is 7.90. The van der Waals surface area contributed by atoms with Gasteiger partial charge in [0.05, 0.1) is 6.10 Å². The summed E-state index contributed by atoms with van der Waals surface area (Å²) in [5.41, 5.74) is 0.0989. The van der Waals surface area contributed by atoms with Crippen LogP contribution in [0.25, 0.3) is 0 Å². The van der Waals surface area contributed by atoms with Crippen molar-refractivity contribution in [3.05, 3.63) is 35.4 Å². The standard InChI is InChI=1S/C12H16F2O3S/c1-18(16,17)7-3-5-10(15)8-9-4-2-6-11(13)12(9)14/h2,4,6,10,15H,3,5,7-8H2,1H3. The van der Waals surface area contributed by atoms with Crippen LogP contribution in [0.4, 0.5) is 8.78 Å². The summed E-state index contributed by atoms with van der Waals surface area (Å²) in [5, 5.41) is 9.63. The van der Waals surface area contributed by atoms with Crippen molar-refractivity contribution >= 4 is 9.84 Å². The number of hydrogen-bond donors (Lipinski definition) is 1. The molecule has 1 aromatic rings. The fraction of sp³-hybridized carbons (Fsp3) is 0.500. The van der Waals surface area contributed by atoms with Gasteiger partial charge in [0.2, 0.25) is 0 Å². The maximum absolute atomic E-state index is 13.3. The molecule has 1 atom stereocenters. The smallest absolute Gasteiger partial charge is 0.162 e. The molecule has 18 heavy (non-hydrogen) atoms. The number of halogens is 2. The second-order valence-corrected chi connectivity index (χ2v) is 6.60. The number of aliphatic hydroxyl groups excluding tert-OH is 1. The molecule has 102 valence electrons. The molecular weight excluding hydrogens is 262 g/mol. The lowest BCUT2D eigenvalue weighted by molar-refractivity contribution is 0.162. The first-order valence-corrected chi connectivity index (χ1v) is 7.64. The van der Waals surface area contributed by atoms with Crippen LogP contribution in [0.1, 0.15) is 18.4 Å². The predicted octanol–water partition coefficient (Wildman–Crippen LogP) is 1.69. The van der Waals surface area contributed by atoms with Gasteiger partial charge in [-0.25, -0.2) is 17.2 Å². The van der Waals surface area contributed by atoms with Crippen molar-refractivity contribution in [2.75, 3.05) is 12.0 Å². The normalized spacial score (nSPS) is 13.6. The fourth-order valence-corrected chi connectivity index (χ4v) is 2.33. The molecule has 0 bridgehead atoms. The highest BCUT2D eigenvalue weighted by Gasteiger charge is 2.13. The molecule has 0 radical (unpaired) electrons. The van der Waals surface area contributed by atoms with Gasteiger partial charge in [-0.3, -0.25) is 0 Å². The van der Waals surface area contributed by atoms with E-state index in [1.54, 1.807) is 0 Å². The third kappa shape index (κ3) is 5.10. The average molecular weight is 278 g/mol. The maximum Gasteiger partial charge on any atom is 0.162 e. The summed E-state index contributed by atoms with van der Waals surface area (Å²) in [6, 6.07) is 3.78. The average Bonchev–Trinajstić information content (AvgIpc) is 2.23. The van der Waals surface area contributed by atoms with Gasteiger partial charge in [0.1, 0.15) is 9.84 Å². The molecule has 0 aromatic heterocycles. The molecule has 0 heterocycles. The topological polar surface area (TPSA) is 54.4 Å². The van der Waals surface area contributed by atoms with E-state index in [-0.39, 0.29) is 24.2 Å². The zero-order chi connectivity index (χ0) is 13.8. The van der Waals surface area contributed by atoms with Gasteiger partial charge in [-0.1, -0.05) is 12.1 Å². The van der Waals surface area contributed by atoms with Crippen LogP contribution >= 0.6 is 0 Å². The minimum Gasteiger partial charge on any atom is -0.393 e. The van der Waals surface area contributed by atoms with E-state index in [0.717, 1.165) is 12.3 Å². The second-order valence-electron chi connectivity index (χ2n) is 4.34. The SMILES string of the molecule is CS(=O)(=O)CCCC(O)Cc1cccc(F)c1F. The van der Waals surface area contributed by atoms with Crippen LogP contribution in [-0.4, -0.2) is 31.6 Å². The van der Waals surface area contributed by atoms with Crippen LogP contribution in [0, 0.1) is 11.6 Å². The lowest BCUT2D eigenvalue weighted by Gasteiger charge is -2.11. The Labute approximate surface area is 105 Å². The number of sulfone groups is 1.